The van der Waals surface area contributed by atoms with E-state index in [1.54, 1.807) is 60.7 Å². The van der Waals surface area contributed by atoms with Crippen molar-refractivity contribution < 1.29 is 23.9 Å². The zero-order chi connectivity index (χ0) is 26.1. The van der Waals surface area contributed by atoms with Gasteiger partial charge in [-0.3, -0.25) is 14.4 Å². The van der Waals surface area contributed by atoms with Crippen molar-refractivity contribution in [2.24, 2.45) is 5.10 Å². The Morgan fingerprint density at radius 3 is 2.47 bits per heavy atom. The van der Waals surface area contributed by atoms with E-state index in [0.29, 0.717) is 33.5 Å². The first-order valence-corrected chi connectivity index (χ1v) is 11.7. The smallest absolute Gasteiger partial charge is 0.329 e. The maximum absolute atomic E-state index is 12.4. The Morgan fingerprint density at radius 1 is 1.00 bits per heavy atom. The van der Waals surface area contributed by atoms with Gasteiger partial charge in [-0.1, -0.05) is 33.6 Å². The van der Waals surface area contributed by atoms with E-state index in [1.165, 1.54) is 13.3 Å². The summed E-state index contributed by atoms with van der Waals surface area (Å²) in [6.45, 7) is 1.58. The maximum atomic E-state index is 12.4. The number of anilines is 2. The molecule has 0 bridgehead atoms. The highest BCUT2D eigenvalue weighted by atomic mass is 79.9. The van der Waals surface area contributed by atoms with Crippen molar-refractivity contribution in [3.8, 4) is 11.5 Å². The number of halogens is 2. The number of methoxy groups -OCH3 is 1. The molecule has 0 saturated carbocycles. The number of aryl methyl sites for hydroxylation is 1. The van der Waals surface area contributed by atoms with Crippen LogP contribution in [0.5, 0.6) is 11.5 Å². The Labute approximate surface area is 220 Å². The van der Waals surface area contributed by atoms with Crippen LogP contribution in [0, 0.1) is 6.92 Å². The van der Waals surface area contributed by atoms with Gasteiger partial charge in [-0.05, 0) is 67.1 Å². The van der Waals surface area contributed by atoms with Gasteiger partial charge in [0.15, 0.2) is 6.61 Å². The van der Waals surface area contributed by atoms with Crippen molar-refractivity contribution in [1.29, 1.82) is 0 Å². The number of rotatable bonds is 8. The Kier molecular flexibility index (Phi) is 9.43. The van der Waals surface area contributed by atoms with Crippen LogP contribution >= 0.6 is 27.5 Å². The van der Waals surface area contributed by atoms with Gasteiger partial charge in [0.25, 0.3) is 5.91 Å². The predicted molar refractivity (Wildman–Crippen MR) is 142 cm³/mol. The molecule has 0 aliphatic carbocycles. The van der Waals surface area contributed by atoms with Gasteiger partial charge in [-0.15, -0.1) is 0 Å². The second-order valence-corrected chi connectivity index (χ2v) is 8.71. The first-order chi connectivity index (χ1) is 17.2. The number of benzene rings is 3. The van der Waals surface area contributed by atoms with Gasteiger partial charge in [0.2, 0.25) is 0 Å². The molecule has 186 valence electrons. The number of nitrogens with one attached hydrogen (secondary N) is 3. The molecule has 0 spiro atoms. The minimum absolute atomic E-state index is 0.273. The summed E-state index contributed by atoms with van der Waals surface area (Å²) in [4.78, 5) is 36.5. The summed E-state index contributed by atoms with van der Waals surface area (Å²) in [7, 11) is 1.53. The third-order valence-corrected chi connectivity index (χ3v) is 5.46. The van der Waals surface area contributed by atoms with E-state index in [1.807, 2.05) is 6.92 Å². The summed E-state index contributed by atoms with van der Waals surface area (Å²) in [5.74, 6) is -1.27. The second kappa shape index (κ2) is 12.7. The summed E-state index contributed by atoms with van der Waals surface area (Å²) < 4.78 is 11.4. The van der Waals surface area contributed by atoms with Gasteiger partial charge < -0.3 is 20.1 Å². The quantitative estimate of drug-likeness (QED) is 0.208. The van der Waals surface area contributed by atoms with Crippen LogP contribution in [0.1, 0.15) is 11.1 Å². The molecule has 36 heavy (non-hydrogen) atoms. The van der Waals surface area contributed by atoms with Crippen LogP contribution in [-0.2, 0) is 14.4 Å². The Hall–Kier alpha value is -3.89. The zero-order valence-electron chi connectivity index (χ0n) is 19.3. The van der Waals surface area contributed by atoms with Crippen molar-refractivity contribution in [1.82, 2.24) is 5.43 Å². The average Bonchev–Trinajstić information content (AvgIpc) is 2.86. The van der Waals surface area contributed by atoms with E-state index in [9.17, 15) is 14.4 Å². The lowest BCUT2D eigenvalue weighted by Gasteiger charge is -2.11. The monoisotopic (exact) mass is 572 g/mol. The van der Waals surface area contributed by atoms with Crippen molar-refractivity contribution in [2.45, 2.75) is 6.92 Å². The minimum atomic E-state index is -0.962. The number of ether oxygens (including phenoxy) is 2. The maximum Gasteiger partial charge on any atom is 0.329 e. The molecule has 0 heterocycles. The summed E-state index contributed by atoms with van der Waals surface area (Å²) >= 11 is 9.35. The third kappa shape index (κ3) is 7.82. The van der Waals surface area contributed by atoms with Crippen molar-refractivity contribution in [3.05, 3.63) is 81.3 Å². The lowest BCUT2D eigenvalue weighted by atomic mass is 10.2. The molecule has 0 saturated heterocycles. The highest BCUT2D eigenvalue weighted by molar-refractivity contribution is 9.10. The highest BCUT2D eigenvalue weighted by Gasteiger charge is 2.13. The number of carbonyl (C=O) groups excluding carboxylic acids is 3. The van der Waals surface area contributed by atoms with E-state index in [2.05, 4.69) is 37.1 Å². The fraction of sp³-hybridized carbons (Fsp3) is 0.120. The van der Waals surface area contributed by atoms with Crippen LogP contribution in [0.25, 0.3) is 0 Å². The van der Waals surface area contributed by atoms with E-state index in [4.69, 9.17) is 21.1 Å². The molecule has 0 aliphatic heterocycles. The SMILES string of the molecule is COc1ccc(NC(=O)C(=O)N/N=C\c2cc(Br)ccc2OCC(=O)Nc2cc(Cl)ccc2C)cc1. The molecule has 0 aromatic heterocycles. The lowest BCUT2D eigenvalue weighted by Crippen LogP contribution is -2.32. The molecule has 9 nitrogen and oxygen atoms in total. The molecule has 0 radical (unpaired) electrons. The Bertz CT molecular complexity index is 1300. The Morgan fingerprint density at radius 2 is 1.75 bits per heavy atom. The van der Waals surface area contributed by atoms with Gasteiger partial charge in [0.1, 0.15) is 11.5 Å². The molecule has 3 aromatic carbocycles. The molecular weight excluding hydrogens is 552 g/mol. The third-order valence-electron chi connectivity index (χ3n) is 4.73. The molecule has 3 N–H and O–H groups in total. The van der Waals surface area contributed by atoms with Crippen LogP contribution in [0.15, 0.2) is 70.2 Å². The molecule has 3 amide bonds. The number of hydrogen-bond acceptors (Lipinski definition) is 6. The van der Waals surface area contributed by atoms with E-state index in [0.717, 1.165) is 10.0 Å². The van der Waals surface area contributed by atoms with Crippen LogP contribution in [0.4, 0.5) is 11.4 Å². The molecule has 11 heteroatoms. The highest BCUT2D eigenvalue weighted by Crippen LogP contribution is 2.23. The number of hydrazone groups is 1. The first-order valence-electron chi connectivity index (χ1n) is 10.5. The molecular formula is C25H22BrClN4O5. The molecule has 0 fully saturated rings. The summed E-state index contributed by atoms with van der Waals surface area (Å²) in [6.07, 6.45) is 1.30. The lowest BCUT2D eigenvalue weighted by molar-refractivity contribution is -0.136. The van der Waals surface area contributed by atoms with Gasteiger partial charge >= 0.3 is 11.8 Å². The first kappa shape index (κ1) is 26.7. The molecule has 0 unspecified atom stereocenters. The van der Waals surface area contributed by atoms with Crippen LogP contribution in [-0.4, -0.2) is 37.7 Å². The number of hydrogen-bond donors (Lipinski definition) is 3. The molecule has 3 aromatic rings. The van der Waals surface area contributed by atoms with Gasteiger partial charge in [-0.25, -0.2) is 5.43 Å². The number of carbonyl (C=O) groups is 3. The van der Waals surface area contributed by atoms with E-state index in [-0.39, 0.29) is 12.5 Å². The summed E-state index contributed by atoms with van der Waals surface area (Å²) in [5.41, 5.74) is 4.49. The summed E-state index contributed by atoms with van der Waals surface area (Å²) in [6, 6.07) is 16.7. The fourth-order valence-electron chi connectivity index (χ4n) is 2.88. The van der Waals surface area contributed by atoms with Gasteiger partial charge in [0.05, 0.1) is 13.3 Å². The molecule has 3 rings (SSSR count). The average molecular weight is 574 g/mol. The Balaban J connectivity index is 1.57. The van der Waals surface area contributed by atoms with Gasteiger partial charge in [0, 0.05) is 26.4 Å². The van der Waals surface area contributed by atoms with Crippen molar-refractivity contribution >= 4 is 62.8 Å². The van der Waals surface area contributed by atoms with E-state index >= 15 is 0 Å². The summed E-state index contributed by atoms with van der Waals surface area (Å²) in [5, 5.41) is 9.54. The molecule has 0 aliphatic rings. The topological polar surface area (TPSA) is 118 Å². The largest absolute Gasteiger partial charge is 0.497 e. The standard InChI is InChI=1S/C25H22BrClN4O5/c1-15-3-5-18(27)12-21(15)30-23(32)14-36-22-10-4-17(26)11-16(22)13-28-31-25(34)24(33)29-19-6-8-20(35-2)9-7-19/h3-13H,14H2,1-2H3,(H,29,33)(H,30,32)(H,31,34)/b28-13-. The zero-order valence-corrected chi connectivity index (χ0v) is 21.6. The number of nitrogens with zero attached hydrogens (tertiary/aromatic N) is 1. The van der Waals surface area contributed by atoms with Crippen molar-refractivity contribution in [3.63, 3.8) is 0 Å². The predicted octanol–water partition coefficient (Wildman–Crippen LogP) is 4.53. The van der Waals surface area contributed by atoms with Gasteiger partial charge in [-0.2, -0.15) is 5.10 Å². The fourth-order valence-corrected chi connectivity index (χ4v) is 3.43. The normalized spacial score (nSPS) is 10.6. The molecule has 0 atom stereocenters. The van der Waals surface area contributed by atoms with Crippen molar-refractivity contribution in [2.75, 3.05) is 24.4 Å². The van der Waals surface area contributed by atoms with Crippen LogP contribution in [0.2, 0.25) is 5.02 Å². The number of amides is 3. The minimum Gasteiger partial charge on any atom is -0.497 e. The van der Waals surface area contributed by atoms with E-state index < -0.39 is 11.8 Å². The second-order valence-electron chi connectivity index (χ2n) is 7.36. The van der Waals surface area contributed by atoms with Crippen LogP contribution in [0.3, 0.4) is 0 Å². The van der Waals surface area contributed by atoms with Crippen LogP contribution < -0.4 is 25.5 Å².